The number of methoxy groups -OCH3 is 1. The highest BCUT2D eigenvalue weighted by Crippen LogP contribution is 2.47. The summed E-state index contributed by atoms with van der Waals surface area (Å²) in [6, 6.07) is 9.72. The fraction of sp³-hybridized carbons (Fsp3) is 0.571. The van der Waals surface area contributed by atoms with Crippen molar-refractivity contribution >= 4 is 10.0 Å². The van der Waals surface area contributed by atoms with E-state index in [-0.39, 0.29) is 24.3 Å². The first-order valence-electron chi connectivity index (χ1n) is 6.79. The number of β-amino-alcohol motifs (C(OH)–C–C–N with tert-alkyl or cyclic N) is 1. The number of benzene rings is 1. The SMILES string of the molecule is CO[C@@H]1CN(S(=O)(=O)[C@@H]2C[C@H]2c2ccccc2)C[C@H]1O. The maximum Gasteiger partial charge on any atom is 0.217 e. The Morgan fingerprint density at radius 3 is 2.55 bits per heavy atom. The summed E-state index contributed by atoms with van der Waals surface area (Å²) < 4.78 is 31.6. The van der Waals surface area contributed by atoms with Crippen molar-refractivity contribution in [2.45, 2.75) is 29.8 Å². The zero-order valence-electron chi connectivity index (χ0n) is 11.3. The molecule has 110 valence electrons. The lowest BCUT2D eigenvalue weighted by atomic mass is 10.1. The molecule has 5 nitrogen and oxygen atoms in total. The van der Waals surface area contributed by atoms with Gasteiger partial charge < -0.3 is 9.84 Å². The summed E-state index contributed by atoms with van der Waals surface area (Å²) in [5.41, 5.74) is 1.07. The molecule has 1 aromatic carbocycles. The minimum absolute atomic E-state index is 0.0833. The van der Waals surface area contributed by atoms with Crippen LogP contribution >= 0.6 is 0 Å². The van der Waals surface area contributed by atoms with E-state index in [1.165, 1.54) is 11.4 Å². The Bertz CT molecular complexity index is 574. The number of hydrogen-bond acceptors (Lipinski definition) is 4. The van der Waals surface area contributed by atoms with Crippen LogP contribution in [-0.2, 0) is 14.8 Å². The largest absolute Gasteiger partial charge is 0.389 e. The van der Waals surface area contributed by atoms with E-state index in [1.807, 2.05) is 30.3 Å². The molecule has 20 heavy (non-hydrogen) atoms. The molecule has 1 saturated heterocycles. The summed E-state index contributed by atoms with van der Waals surface area (Å²) in [7, 11) is -1.85. The maximum absolute atomic E-state index is 12.5. The van der Waals surface area contributed by atoms with Gasteiger partial charge >= 0.3 is 0 Å². The van der Waals surface area contributed by atoms with Crippen molar-refractivity contribution in [1.29, 1.82) is 0 Å². The number of ether oxygens (including phenoxy) is 1. The van der Waals surface area contributed by atoms with Crippen molar-refractivity contribution in [1.82, 2.24) is 4.31 Å². The molecular weight excluding hydrogens is 278 g/mol. The molecule has 2 fully saturated rings. The Labute approximate surface area is 119 Å². The number of sulfonamides is 1. The van der Waals surface area contributed by atoms with Gasteiger partial charge in [-0.25, -0.2) is 8.42 Å². The van der Waals surface area contributed by atoms with Gasteiger partial charge in [-0.05, 0) is 12.0 Å². The van der Waals surface area contributed by atoms with Gasteiger partial charge in [0, 0.05) is 26.1 Å². The Morgan fingerprint density at radius 1 is 1.25 bits per heavy atom. The standard InChI is InChI=1S/C14H19NO4S/c1-19-13-9-15(8-12(13)16)20(17,18)14-7-11(14)10-5-3-2-4-6-10/h2-6,11-14,16H,7-9H2,1H3/t11-,12+,13+,14+/m0/s1. The molecule has 0 unspecified atom stereocenters. The van der Waals surface area contributed by atoms with Gasteiger partial charge in [0.25, 0.3) is 0 Å². The van der Waals surface area contributed by atoms with Crippen LogP contribution in [0.2, 0.25) is 0 Å². The molecule has 2 aliphatic rings. The average Bonchev–Trinajstić information content (AvgIpc) is 3.17. The van der Waals surface area contributed by atoms with E-state index in [2.05, 4.69) is 0 Å². The van der Waals surface area contributed by atoms with E-state index in [0.29, 0.717) is 6.42 Å². The molecule has 0 amide bonds. The van der Waals surface area contributed by atoms with Crippen LogP contribution in [0.25, 0.3) is 0 Å². The molecule has 0 bridgehead atoms. The first-order valence-corrected chi connectivity index (χ1v) is 8.29. The van der Waals surface area contributed by atoms with Crippen LogP contribution < -0.4 is 0 Å². The molecule has 4 atom stereocenters. The van der Waals surface area contributed by atoms with Gasteiger partial charge in [0.2, 0.25) is 10.0 Å². The monoisotopic (exact) mass is 297 g/mol. The third-order valence-electron chi connectivity index (χ3n) is 4.21. The molecule has 1 heterocycles. The van der Waals surface area contributed by atoms with Crippen LogP contribution in [0.1, 0.15) is 17.9 Å². The van der Waals surface area contributed by atoms with E-state index in [4.69, 9.17) is 4.74 Å². The first-order chi connectivity index (χ1) is 9.54. The molecule has 1 aliphatic heterocycles. The Balaban J connectivity index is 1.72. The minimum Gasteiger partial charge on any atom is -0.389 e. The van der Waals surface area contributed by atoms with Gasteiger partial charge in [-0.2, -0.15) is 4.31 Å². The number of aliphatic hydroxyl groups is 1. The number of hydrogen-bond donors (Lipinski definition) is 1. The third kappa shape index (κ3) is 2.37. The smallest absolute Gasteiger partial charge is 0.217 e. The molecule has 1 aliphatic carbocycles. The Morgan fingerprint density at radius 2 is 1.95 bits per heavy atom. The van der Waals surface area contributed by atoms with Gasteiger partial charge in [-0.3, -0.25) is 0 Å². The van der Waals surface area contributed by atoms with Gasteiger partial charge in [0.15, 0.2) is 0 Å². The van der Waals surface area contributed by atoms with Gasteiger partial charge in [0.1, 0.15) is 0 Å². The van der Waals surface area contributed by atoms with Crippen molar-refractivity contribution in [2.24, 2.45) is 0 Å². The van der Waals surface area contributed by atoms with Gasteiger partial charge in [0.05, 0.1) is 17.5 Å². The fourth-order valence-electron chi connectivity index (χ4n) is 2.91. The van der Waals surface area contributed by atoms with Crippen LogP contribution in [-0.4, -0.2) is 55.5 Å². The lowest BCUT2D eigenvalue weighted by Gasteiger charge is -2.15. The van der Waals surface area contributed by atoms with E-state index in [1.54, 1.807) is 0 Å². The maximum atomic E-state index is 12.5. The van der Waals surface area contributed by atoms with Gasteiger partial charge in [-0.15, -0.1) is 0 Å². The summed E-state index contributed by atoms with van der Waals surface area (Å²) >= 11 is 0. The lowest BCUT2D eigenvalue weighted by Crippen LogP contribution is -2.33. The second-order valence-electron chi connectivity index (χ2n) is 5.49. The Kier molecular flexibility index (Phi) is 3.58. The zero-order chi connectivity index (χ0) is 14.3. The molecule has 0 radical (unpaired) electrons. The van der Waals surface area contributed by atoms with Crippen LogP contribution in [0.15, 0.2) is 30.3 Å². The average molecular weight is 297 g/mol. The normalized spacial score (nSPS) is 34.3. The molecule has 3 rings (SSSR count). The first kappa shape index (κ1) is 14.0. The second kappa shape index (κ2) is 5.11. The summed E-state index contributed by atoms with van der Waals surface area (Å²) in [6.07, 6.45) is -0.487. The summed E-state index contributed by atoms with van der Waals surface area (Å²) in [5, 5.41) is 9.42. The molecular formula is C14H19NO4S. The quantitative estimate of drug-likeness (QED) is 0.882. The summed E-state index contributed by atoms with van der Waals surface area (Å²) in [5.74, 6) is 0.0833. The highest BCUT2D eigenvalue weighted by molar-refractivity contribution is 7.90. The number of nitrogens with zero attached hydrogens (tertiary/aromatic N) is 1. The Hall–Kier alpha value is -0.950. The number of aliphatic hydroxyl groups excluding tert-OH is 1. The van der Waals surface area contributed by atoms with Crippen LogP contribution in [0.5, 0.6) is 0 Å². The topological polar surface area (TPSA) is 66.8 Å². The van der Waals surface area contributed by atoms with Crippen molar-refractivity contribution in [2.75, 3.05) is 20.2 Å². The van der Waals surface area contributed by atoms with E-state index in [0.717, 1.165) is 5.56 Å². The molecule has 0 aromatic heterocycles. The number of rotatable bonds is 4. The molecule has 0 spiro atoms. The van der Waals surface area contributed by atoms with Gasteiger partial charge in [-0.1, -0.05) is 30.3 Å². The third-order valence-corrected chi connectivity index (χ3v) is 6.51. The van der Waals surface area contributed by atoms with Crippen molar-refractivity contribution < 1.29 is 18.3 Å². The van der Waals surface area contributed by atoms with E-state index >= 15 is 0 Å². The minimum atomic E-state index is -3.35. The molecule has 6 heteroatoms. The van der Waals surface area contributed by atoms with Crippen LogP contribution in [0.4, 0.5) is 0 Å². The lowest BCUT2D eigenvalue weighted by molar-refractivity contribution is 0.0216. The second-order valence-corrected chi connectivity index (χ2v) is 7.65. The van der Waals surface area contributed by atoms with Crippen molar-refractivity contribution in [3.63, 3.8) is 0 Å². The van der Waals surface area contributed by atoms with Crippen molar-refractivity contribution in [3.8, 4) is 0 Å². The highest BCUT2D eigenvalue weighted by atomic mass is 32.2. The summed E-state index contributed by atoms with van der Waals surface area (Å²) in [4.78, 5) is 0. The van der Waals surface area contributed by atoms with Crippen LogP contribution in [0.3, 0.4) is 0 Å². The van der Waals surface area contributed by atoms with Crippen LogP contribution in [0, 0.1) is 0 Å². The zero-order valence-corrected chi connectivity index (χ0v) is 12.2. The highest BCUT2D eigenvalue weighted by Gasteiger charge is 2.52. The van der Waals surface area contributed by atoms with Crippen molar-refractivity contribution in [3.05, 3.63) is 35.9 Å². The van der Waals surface area contributed by atoms with E-state index < -0.39 is 22.2 Å². The predicted octanol–water partition coefficient (Wildman–Crippen LogP) is 0.564. The van der Waals surface area contributed by atoms with E-state index in [9.17, 15) is 13.5 Å². The molecule has 1 aromatic rings. The molecule has 1 saturated carbocycles. The molecule has 1 N–H and O–H groups in total. The summed E-state index contributed by atoms with van der Waals surface area (Å²) in [6.45, 7) is 0.386. The fourth-order valence-corrected chi connectivity index (χ4v) is 5.03. The predicted molar refractivity (Wildman–Crippen MR) is 74.9 cm³/mol.